The largest absolute Gasteiger partial charge is 0.490 e. The van der Waals surface area contributed by atoms with Gasteiger partial charge in [0.1, 0.15) is 0 Å². The number of benzene rings is 1. The molecule has 0 saturated carbocycles. The third-order valence-corrected chi connectivity index (χ3v) is 4.00. The smallest absolute Gasteiger partial charge is 0.161 e. The lowest BCUT2D eigenvalue weighted by molar-refractivity contribution is 0.297. The van der Waals surface area contributed by atoms with Crippen LogP contribution in [0.1, 0.15) is 17.4 Å². The van der Waals surface area contributed by atoms with Crippen LogP contribution in [0.25, 0.3) is 0 Å². The molecule has 1 N–H and O–H groups in total. The summed E-state index contributed by atoms with van der Waals surface area (Å²) in [5.74, 6) is 2.95. The van der Waals surface area contributed by atoms with Crippen molar-refractivity contribution in [3.63, 3.8) is 0 Å². The summed E-state index contributed by atoms with van der Waals surface area (Å²) in [5.41, 5.74) is 1.28. The van der Waals surface area contributed by atoms with E-state index in [0.717, 1.165) is 37.7 Å². The molecule has 3 nitrogen and oxygen atoms in total. The molecule has 1 aromatic rings. The van der Waals surface area contributed by atoms with Crippen molar-refractivity contribution in [1.29, 1.82) is 0 Å². The molecule has 1 saturated heterocycles. The van der Waals surface area contributed by atoms with E-state index < -0.39 is 0 Å². The fourth-order valence-corrected chi connectivity index (χ4v) is 3.03. The number of nitrogens with one attached hydrogen (secondary N) is 1. The van der Waals surface area contributed by atoms with Gasteiger partial charge in [-0.15, -0.1) is 11.8 Å². The second-order valence-electron chi connectivity index (χ2n) is 3.96. The zero-order valence-corrected chi connectivity index (χ0v) is 9.89. The summed E-state index contributed by atoms with van der Waals surface area (Å²) in [6, 6.07) is 6.26. The van der Waals surface area contributed by atoms with Gasteiger partial charge in [-0.1, -0.05) is 6.07 Å². The Labute approximate surface area is 99.5 Å². The molecule has 1 fully saturated rings. The molecule has 0 spiro atoms. The van der Waals surface area contributed by atoms with Crippen molar-refractivity contribution in [2.45, 2.75) is 11.8 Å². The first-order valence-electron chi connectivity index (χ1n) is 5.68. The van der Waals surface area contributed by atoms with E-state index >= 15 is 0 Å². The third kappa shape index (κ3) is 1.99. The Morgan fingerprint density at radius 2 is 2.06 bits per heavy atom. The molecule has 0 aliphatic carbocycles. The van der Waals surface area contributed by atoms with Gasteiger partial charge in [0.15, 0.2) is 11.5 Å². The maximum atomic E-state index is 5.69. The van der Waals surface area contributed by atoms with Gasteiger partial charge in [-0.3, -0.25) is 0 Å². The Kier molecular flexibility index (Phi) is 2.93. The highest BCUT2D eigenvalue weighted by Gasteiger charge is 2.19. The quantitative estimate of drug-likeness (QED) is 0.811. The van der Waals surface area contributed by atoms with Crippen LogP contribution < -0.4 is 14.8 Å². The Morgan fingerprint density at radius 1 is 1.19 bits per heavy atom. The molecule has 86 valence electrons. The minimum Gasteiger partial charge on any atom is -0.490 e. The van der Waals surface area contributed by atoms with Crippen LogP contribution in [0.5, 0.6) is 11.5 Å². The summed E-state index contributed by atoms with van der Waals surface area (Å²) in [4.78, 5) is 0. The fourth-order valence-electron chi connectivity index (χ4n) is 1.98. The zero-order valence-electron chi connectivity index (χ0n) is 9.07. The van der Waals surface area contributed by atoms with Crippen molar-refractivity contribution in [2.24, 2.45) is 0 Å². The Morgan fingerprint density at radius 3 is 2.88 bits per heavy atom. The van der Waals surface area contributed by atoms with E-state index in [1.165, 1.54) is 11.3 Å². The summed E-state index contributed by atoms with van der Waals surface area (Å²) in [7, 11) is 0. The SMILES string of the molecule is c1cc2c(cc1C1NCCS1)OCCCO2. The molecule has 2 aliphatic heterocycles. The number of fused-ring (bicyclic) bond motifs is 1. The van der Waals surface area contributed by atoms with E-state index in [2.05, 4.69) is 17.4 Å². The zero-order chi connectivity index (χ0) is 10.8. The van der Waals surface area contributed by atoms with Gasteiger partial charge in [0.05, 0.1) is 18.6 Å². The Balaban J connectivity index is 1.88. The monoisotopic (exact) mass is 237 g/mol. The van der Waals surface area contributed by atoms with Gasteiger partial charge < -0.3 is 14.8 Å². The molecule has 0 amide bonds. The van der Waals surface area contributed by atoms with Crippen molar-refractivity contribution in [2.75, 3.05) is 25.5 Å². The minimum atomic E-state index is 0.414. The van der Waals surface area contributed by atoms with Crippen LogP contribution in [-0.4, -0.2) is 25.5 Å². The van der Waals surface area contributed by atoms with Crippen LogP contribution in [-0.2, 0) is 0 Å². The molecule has 1 atom stereocenters. The lowest BCUT2D eigenvalue weighted by atomic mass is 10.2. The molecular weight excluding hydrogens is 222 g/mol. The Hall–Kier alpha value is -0.870. The average molecular weight is 237 g/mol. The highest BCUT2D eigenvalue weighted by molar-refractivity contribution is 7.99. The van der Waals surface area contributed by atoms with Crippen molar-refractivity contribution >= 4 is 11.8 Å². The molecule has 3 rings (SSSR count). The van der Waals surface area contributed by atoms with Crippen LogP contribution in [0.3, 0.4) is 0 Å². The minimum absolute atomic E-state index is 0.414. The second-order valence-corrected chi connectivity index (χ2v) is 5.17. The van der Waals surface area contributed by atoms with Crippen LogP contribution in [0.2, 0.25) is 0 Å². The lowest BCUT2D eigenvalue weighted by Gasteiger charge is -2.13. The van der Waals surface area contributed by atoms with Crippen molar-refractivity contribution in [1.82, 2.24) is 5.32 Å². The standard InChI is InChI=1S/C12H15NO2S/c1-5-14-10-3-2-9(8-11(10)15-6-1)12-13-4-7-16-12/h2-3,8,12-13H,1,4-7H2. The molecule has 0 aromatic heterocycles. The number of hydrogen-bond acceptors (Lipinski definition) is 4. The normalized spacial score (nSPS) is 24.1. The first-order chi connectivity index (χ1) is 7.93. The molecule has 2 heterocycles. The summed E-state index contributed by atoms with van der Waals surface area (Å²) in [6.07, 6.45) is 0.959. The summed E-state index contributed by atoms with van der Waals surface area (Å²) in [5, 5.41) is 3.88. The van der Waals surface area contributed by atoms with Crippen LogP contribution in [0, 0.1) is 0 Å². The second kappa shape index (κ2) is 4.55. The highest BCUT2D eigenvalue weighted by Crippen LogP contribution is 2.36. The van der Waals surface area contributed by atoms with Crippen LogP contribution in [0.4, 0.5) is 0 Å². The molecule has 16 heavy (non-hydrogen) atoms. The molecule has 2 aliphatic rings. The predicted molar refractivity (Wildman–Crippen MR) is 65.3 cm³/mol. The maximum absolute atomic E-state index is 5.69. The number of ether oxygens (including phenoxy) is 2. The first kappa shape index (κ1) is 10.3. The van der Waals surface area contributed by atoms with E-state index in [9.17, 15) is 0 Å². The van der Waals surface area contributed by atoms with E-state index in [1.54, 1.807) is 0 Å². The molecule has 1 aromatic carbocycles. The topological polar surface area (TPSA) is 30.5 Å². The maximum Gasteiger partial charge on any atom is 0.161 e. The first-order valence-corrected chi connectivity index (χ1v) is 6.73. The molecule has 1 unspecified atom stereocenters. The van der Waals surface area contributed by atoms with Gasteiger partial charge in [-0.2, -0.15) is 0 Å². The number of rotatable bonds is 1. The fraction of sp³-hybridized carbons (Fsp3) is 0.500. The predicted octanol–water partition coefficient (Wildman–Crippen LogP) is 2.18. The molecule has 4 heteroatoms. The van der Waals surface area contributed by atoms with Crippen molar-refractivity contribution < 1.29 is 9.47 Å². The molecule has 0 bridgehead atoms. The van der Waals surface area contributed by atoms with Gasteiger partial charge in [0.2, 0.25) is 0 Å². The van der Waals surface area contributed by atoms with E-state index in [0.29, 0.717) is 5.37 Å². The van der Waals surface area contributed by atoms with Gasteiger partial charge in [-0.05, 0) is 17.7 Å². The third-order valence-electron chi connectivity index (χ3n) is 2.79. The molecule has 0 radical (unpaired) electrons. The van der Waals surface area contributed by atoms with Crippen LogP contribution >= 0.6 is 11.8 Å². The summed E-state index contributed by atoms with van der Waals surface area (Å²) < 4.78 is 11.3. The summed E-state index contributed by atoms with van der Waals surface area (Å²) >= 11 is 1.94. The van der Waals surface area contributed by atoms with Gasteiger partial charge >= 0.3 is 0 Å². The number of thioether (sulfide) groups is 1. The number of hydrogen-bond donors (Lipinski definition) is 1. The van der Waals surface area contributed by atoms with Gasteiger partial charge in [0, 0.05) is 18.7 Å². The highest BCUT2D eigenvalue weighted by atomic mass is 32.2. The lowest BCUT2D eigenvalue weighted by Crippen LogP contribution is -2.12. The van der Waals surface area contributed by atoms with Crippen LogP contribution in [0.15, 0.2) is 18.2 Å². The summed E-state index contributed by atoms with van der Waals surface area (Å²) in [6.45, 7) is 2.59. The molecular formula is C12H15NO2S. The van der Waals surface area contributed by atoms with Crippen molar-refractivity contribution in [3.05, 3.63) is 23.8 Å². The van der Waals surface area contributed by atoms with Gasteiger partial charge in [0.25, 0.3) is 0 Å². The van der Waals surface area contributed by atoms with E-state index in [1.807, 2.05) is 17.8 Å². The van der Waals surface area contributed by atoms with Crippen molar-refractivity contribution in [3.8, 4) is 11.5 Å². The van der Waals surface area contributed by atoms with Gasteiger partial charge in [-0.25, -0.2) is 0 Å². The van der Waals surface area contributed by atoms with E-state index in [-0.39, 0.29) is 0 Å². The Bertz CT molecular complexity index is 377. The van der Waals surface area contributed by atoms with E-state index in [4.69, 9.17) is 9.47 Å². The average Bonchev–Trinajstić information content (AvgIpc) is 2.74.